The quantitative estimate of drug-likeness (QED) is 0.799. The van der Waals surface area contributed by atoms with Crippen molar-refractivity contribution >= 4 is 16.8 Å². The first-order valence-electron chi connectivity index (χ1n) is 5.02. The second-order valence-electron chi connectivity index (χ2n) is 3.95. The summed E-state index contributed by atoms with van der Waals surface area (Å²) in [6.07, 6.45) is 6.26. The fraction of sp³-hybridized carbons (Fsp3) is 0.273. The molecule has 0 radical (unpaired) electrons. The molecule has 4 nitrogen and oxygen atoms in total. The van der Waals surface area contributed by atoms with Crippen LogP contribution in [0, 0.1) is 0 Å². The van der Waals surface area contributed by atoms with Gasteiger partial charge in [0, 0.05) is 17.6 Å². The molecule has 15 heavy (non-hydrogen) atoms. The molecule has 76 valence electrons. The number of hydrogen-bond donors (Lipinski definition) is 1. The summed E-state index contributed by atoms with van der Waals surface area (Å²) in [5.41, 5.74) is 6.59. The van der Waals surface area contributed by atoms with E-state index >= 15 is 0 Å². The topological polar surface area (TPSA) is 60.9 Å². The predicted molar refractivity (Wildman–Crippen MR) is 56.5 cm³/mol. The summed E-state index contributed by atoms with van der Waals surface area (Å²) in [6.45, 7) is 0. The van der Waals surface area contributed by atoms with Gasteiger partial charge in [0.25, 0.3) is 5.91 Å². The Hall–Kier alpha value is -1.84. The zero-order valence-electron chi connectivity index (χ0n) is 8.18. The van der Waals surface area contributed by atoms with Crippen LogP contribution in [0.5, 0.6) is 0 Å². The maximum absolute atomic E-state index is 11.0. The Morgan fingerprint density at radius 2 is 2.33 bits per heavy atom. The zero-order chi connectivity index (χ0) is 10.4. The third-order valence-electron chi connectivity index (χ3n) is 2.80. The molecule has 1 saturated carbocycles. The average molecular weight is 201 g/mol. The second kappa shape index (κ2) is 2.82. The minimum atomic E-state index is -0.476. The van der Waals surface area contributed by atoms with E-state index in [0.717, 1.165) is 10.9 Å². The third-order valence-corrected chi connectivity index (χ3v) is 2.80. The van der Waals surface area contributed by atoms with Crippen molar-refractivity contribution in [2.75, 3.05) is 0 Å². The minimum Gasteiger partial charge on any atom is -0.364 e. The lowest BCUT2D eigenvalue weighted by molar-refractivity contribution is 0.0996. The highest BCUT2D eigenvalue weighted by atomic mass is 16.1. The average Bonchev–Trinajstić information content (AvgIpc) is 2.98. The number of aromatic nitrogens is 2. The van der Waals surface area contributed by atoms with Crippen molar-refractivity contribution in [1.82, 2.24) is 9.55 Å². The van der Waals surface area contributed by atoms with Crippen LogP contribution >= 0.6 is 0 Å². The van der Waals surface area contributed by atoms with Crippen LogP contribution in [0.15, 0.2) is 24.5 Å². The van der Waals surface area contributed by atoms with Crippen LogP contribution < -0.4 is 5.73 Å². The van der Waals surface area contributed by atoms with Crippen molar-refractivity contribution in [3.63, 3.8) is 0 Å². The molecule has 2 aromatic rings. The Morgan fingerprint density at radius 1 is 1.53 bits per heavy atom. The SMILES string of the molecule is NC(=O)c1cc2ccn(C3CC3)c2cn1. The highest BCUT2D eigenvalue weighted by Crippen LogP contribution is 2.37. The molecule has 4 heteroatoms. The molecule has 1 amide bonds. The van der Waals surface area contributed by atoms with E-state index in [1.165, 1.54) is 12.8 Å². The van der Waals surface area contributed by atoms with Gasteiger partial charge in [-0.05, 0) is 25.0 Å². The number of amides is 1. The van der Waals surface area contributed by atoms with Crippen LogP contribution in [-0.4, -0.2) is 15.5 Å². The molecule has 0 aliphatic heterocycles. The molecule has 3 rings (SSSR count). The normalized spacial score (nSPS) is 15.7. The number of carbonyl (C=O) groups excluding carboxylic acids is 1. The lowest BCUT2D eigenvalue weighted by Gasteiger charge is -2.01. The number of carbonyl (C=O) groups is 1. The van der Waals surface area contributed by atoms with E-state index in [1.54, 1.807) is 12.3 Å². The van der Waals surface area contributed by atoms with Crippen LogP contribution in [0.3, 0.4) is 0 Å². The van der Waals surface area contributed by atoms with Gasteiger partial charge in [0.05, 0.1) is 11.7 Å². The lowest BCUT2D eigenvalue weighted by Crippen LogP contribution is -2.12. The second-order valence-corrected chi connectivity index (χ2v) is 3.95. The van der Waals surface area contributed by atoms with Crippen LogP contribution in [0.2, 0.25) is 0 Å². The smallest absolute Gasteiger partial charge is 0.267 e. The van der Waals surface area contributed by atoms with Crippen LogP contribution in [-0.2, 0) is 0 Å². The first-order chi connectivity index (χ1) is 7.25. The number of rotatable bonds is 2. The molecule has 2 aromatic heterocycles. The van der Waals surface area contributed by atoms with E-state index in [9.17, 15) is 4.79 Å². The molecule has 0 atom stereocenters. The van der Waals surface area contributed by atoms with E-state index in [-0.39, 0.29) is 0 Å². The van der Waals surface area contributed by atoms with E-state index in [4.69, 9.17) is 5.73 Å². The molecule has 0 bridgehead atoms. The van der Waals surface area contributed by atoms with E-state index < -0.39 is 5.91 Å². The number of pyridine rings is 1. The van der Waals surface area contributed by atoms with Gasteiger partial charge in [0.15, 0.2) is 0 Å². The van der Waals surface area contributed by atoms with Crippen molar-refractivity contribution in [2.45, 2.75) is 18.9 Å². The Balaban J connectivity index is 2.17. The maximum atomic E-state index is 11.0. The van der Waals surface area contributed by atoms with Gasteiger partial charge in [-0.3, -0.25) is 4.79 Å². The fourth-order valence-corrected chi connectivity index (χ4v) is 1.86. The summed E-state index contributed by atoms with van der Waals surface area (Å²) in [5.74, 6) is -0.476. The van der Waals surface area contributed by atoms with Crippen molar-refractivity contribution in [3.05, 3.63) is 30.2 Å². The third kappa shape index (κ3) is 1.29. The Labute approximate surface area is 86.7 Å². The highest BCUT2D eigenvalue weighted by Gasteiger charge is 2.24. The lowest BCUT2D eigenvalue weighted by atomic mass is 10.2. The molecule has 2 heterocycles. The Morgan fingerprint density at radius 3 is 3.00 bits per heavy atom. The predicted octanol–water partition coefficient (Wildman–Crippen LogP) is 1.47. The van der Waals surface area contributed by atoms with Gasteiger partial charge in [-0.25, -0.2) is 4.98 Å². The number of fused-ring (bicyclic) bond motifs is 1. The van der Waals surface area contributed by atoms with Gasteiger partial charge in [0.1, 0.15) is 5.69 Å². The molecule has 2 N–H and O–H groups in total. The maximum Gasteiger partial charge on any atom is 0.267 e. The van der Waals surface area contributed by atoms with Crippen LogP contribution in [0.1, 0.15) is 29.4 Å². The molecular formula is C11H11N3O. The van der Waals surface area contributed by atoms with Gasteiger partial charge in [-0.2, -0.15) is 0 Å². The van der Waals surface area contributed by atoms with Gasteiger partial charge in [-0.15, -0.1) is 0 Å². The van der Waals surface area contributed by atoms with E-state index in [0.29, 0.717) is 11.7 Å². The van der Waals surface area contributed by atoms with Gasteiger partial charge >= 0.3 is 0 Å². The summed E-state index contributed by atoms with van der Waals surface area (Å²) >= 11 is 0. The first kappa shape index (κ1) is 8.47. The van der Waals surface area contributed by atoms with Crippen molar-refractivity contribution in [1.29, 1.82) is 0 Å². The number of hydrogen-bond acceptors (Lipinski definition) is 2. The van der Waals surface area contributed by atoms with Crippen molar-refractivity contribution in [3.8, 4) is 0 Å². The summed E-state index contributed by atoms with van der Waals surface area (Å²) < 4.78 is 2.22. The molecular weight excluding hydrogens is 190 g/mol. The summed E-state index contributed by atoms with van der Waals surface area (Å²) in [6, 6.07) is 4.38. The highest BCUT2D eigenvalue weighted by molar-refractivity contribution is 5.94. The molecule has 0 aromatic carbocycles. The molecule has 0 unspecified atom stereocenters. The van der Waals surface area contributed by atoms with E-state index in [1.807, 2.05) is 6.07 Å². The number of primary amides is 1. The number of nitrogens with two attached hydrogens (primary N) is 1. The fourth-order valence-electron chi connectivity index (χ4n) is 1.86. The Kier molecular flexibility index (Phi) is 1.59. The van der Waals surface area contributed by atoms with Gasteiger partial charge < -0.3 is 10.3 Å². The molecule has 0 saturated heterocycles. The molecule has 1 aliphatic carbocycles. The van der Waals surface area contributed by atoms with Gasteiger partial charge in [0.2, 0.25) is 0 Å². The summed E-state index contributed by atoms with van der Waals surface area (Å²) in [7, 11) is 0. The molecule has 0 spiro atoms. The summed E-state index contributed by atoms with van der Waals surface area (Å²) in [4.78, 5) is 15.0. The molecule has 1 fully saturated rings. The van der Waals surface area contributed by atoms with Gasteiger partial charge in [-0.1, -0.05) is 0 Å². The number of nitrogens with zero attached hydrogens (tertiary/aromatic N) is 2. The minimum absolute atomic E-state index is 0.330. The monoisotopic (exact) mass is 201 g/mol. The molecule has 1 aliphatic rings. The van der Waals surface area contributed by atoms with Crippen molar-refractivity contribution < 1.29 is 4.79 Å². The first-order valence-corrected chi connectivity index (χ1v) is 5.02. The van der Waals surface area contributed by atoms with Crippen LogP contribution in [0.25, 0.3) is 10.9 Å². The standard InChI is InChI=1S/C11H11N3O/c12-11(15)9-5-7-3-4-14(8-1-2-8)10(7)6-13-9/h3-6,8H,1-2H2,(H2,12,15). The summed E-state index contributed by atoms with van der Waals surface area (Å²) in [5, 5.41) is 1.03. The van der Waals surface area contributed by atoms with Crippen molar-refractivity contribution in [2.24, 2.45) is 5.73 Å². The Bertz CT molecular complexity index is 540. The zero-order valence-corrected chi connectivity index (χ0v) is 8.18. The largest absolute Gasteiger partial charge is 0.364 e. The van der Waals surface area contributed by atoms with Crippen LogP contribution in [0.4, 0.5) is 0 Å². The van der Waals surface area contributed by atoms with E-state index in [2.05, 4.69) is 15.7 Å².